The number of aliphatic hydroxyl groups is 2. The van der Waals surface area contributed by atoms with E-state index < -0.39 is 6.10 Å². The van der Waals surface area contributed by atoms with Gasteiger partial charge in [0.25, 0.3) is 0 Å². The number of rotatable bonds is 11. The van der Waals surface area contributed by atoms with Gasteiger partial charge in [0.05, 0.1) is 23.8 Å². The SMILES string of the molecule is COc1ccc2ncc(Cl)c([C@@H](O)CCC3(CO)CCN(CCCSc4ccsc4)CC3)c2c1. The number of halogens is 1. The Morgan fingerprint density at radius 3 is 2.82 bits per heavy atom. The molecule has 1 aromatic carbocycles. The third kappa shape index (κ3) is 6.25. The van der Waals surface area contributed by atoms with Crippen molar-refractivity contribution in [3.63, 3.8) is 0 Å². The number of likely N-dealkylation sites (tertiary alicyclic amines) is 1. The van der Waals surface area contributed by atoms with Crippen LogP contribution in [0.1, 0.15) is 43.8 Å². The minimum Gasteiger partial charge on any atom is -0.497 e. The van der Waals surface area contributed by atoms with Gasteiger partial charge in [-0.25, -0.2) is 0 Å². The highest BCUT2D eigenvalue weighted by Crippen LogP contribution is 2.40. The number of nitrogens with zero attached hydrogens (tertiary/aromatic N) is 2. The maximum Gasteiger partial charge on any atom is 0.119 e. The Labute approximate surface area is 215 Å². The number of thiophene rings is 1. The Morgan fingerprint density at radius 1 is 1.29 bits per heavy atom. The van der Waals surface area contributed by atoms with Crippen LogP contribution >= 0.6 is 34.7 Å². The average Bonchev–Trinajstić information content (AvgIpc) is 3.39. The summed E-state index contributed by atoms with van der Waals surface area (Å²) in [5, 5.41) is 27.0. The molecule has 0 bridgehead atoms. The molecule has 2 aromatic heterocycles. The van der Waals surface area contributed by atoms with Crippen molar-refractivity contribution in [3.05, 3.63) is 51.8 Å². The Bertz CT molecular complexity index is 1060. The highest BCUT2D eigenvalue weighted by molar-refractivity contribution is 7.99. The summed E-state index contributed by atoms with van der Waals surface area (Å²) in [6.45, 7) is 3.24. The molecular weight excluding hydrogens is 488 g/mol. The third-order valence-electron chi connectivity index (χ3n) is 6.98. The van der Waals surface area contributed by atoms with Crippen LogP contribution in [-0.4, -0.2) is 59.2 Å². The molecule has 8 heteroatoms. The first-order chi connectivity index (χ1) is 16.5. The molecule has 184 valence electrons. The lowest BCUT2D eigenvalue weighted by atomic mass is 9.74. The number of hydrogen-bond donors (Lipinski definition) is 2. The molecule has 3 aromatic rings. The van der Waals surface area contributed by atoms with Crippen molar-refractivity contribution in [2.24, 2.45) is 5.41 Å². The van der Waals surface area contributed by atoms with Crippen LogP contribution in [0.15, 0.2) is 46.1 Å². The highest BCUT2D eigenvalue weighted by Gasteiger charge is 2.34. The fourth-order valence-electron chi connectivity index (χ4n) is 4.77. The Balaban J connectivity index is 1.31. The average molecular weight is 521 g/mol. The van der Waals surface area contributed by atoms with E-state index in [4.69, 9.17) is 16.3 Å². The molecule has 2 N–H and O–H groups in total. The molecular formula is C26H33ClN2O3S2. The van der Waals surface area contributed by atoms with Gasteiger partial charge in [0.1, 0.15) is 5.75 Å². The van der Waals surface area contributed by atoms with Crippen LogP contribution in [0.5, 0.6) is 5.75 Å². The Kier molecular flexibility index (Phi) is 9.13. The van der Waals surface area contributed by atoms with Gasteiger partial charge < -0.3 is 19.8 Å². The van der Waals surface area contributed by atoms with E-state index in [0.717, 1.165) is 55.6 Å². The van der Waals surface area contributed by atoms with Crippen molar-refractivity contribution >= 4 is 45.6 Å². The molecule has 1 aliphatic rings. The van der Waals surface area contributed by atoms with Crippen molar-refractivity contribution < 1.29 is 14.9 Å². The highest BCUT2D eigenvalue weighted by atomic mass is 35.5. The molecule has 34 heavy (non-hydrogen) atoms. The first-order valence-corrected chi connectivity index (χ1v) is 14.1. The van der Waals surface area contributed by atoms with Gasteiger partial charge in [-0.3, -0.25) is 4.98 Å². The zero-order valence-electron chi connectivity index (χ0n) is 19.6. The number of thioether (sulfide) groups is 1. The predicted molar refractivity (Wildman–Crippen MR) is 142 cm³/mol. The van der Waals surface area contributed by atoms with E-state index in [0.29, 0.717) is 22.8 Å². The van der Waals surface area contributed by atoms with Gasteiger partial charge in [-0.15, -0.1) is 11.8 Å². The Hall–Kier alpha value is -1.35. The van der Waals surface area contributed by atoms with Crippen LogP contribution in [0.4, 0.5) is 0 Å². The van der Waals surface area contributed by atoms with Gasteiger partial charge in [-0.1, -0.05) is 11.6 Å². The van der Waals surface area contributed by atoms with E-state index in [-0.39, 0.29) is 12.0 Å². The van der Waals surface area contributed by atoms with Crippen molar-refractivity contribution in [3.8, 4) is 5.75 Å². The second kappa shape index (κ2) is 12.1. The van der Waals surface area contributed by atoms with E-state index >= 15 is 0 Å². The zero-order valence-corrected chi connectivity index (χ0v) is 22.0. The maximum absolute atomic E-state index is 11.1. The van der Waals surface area contributed by atoms with Gasteiger partial charge in [0.15, 0.2) is 0 Å². The van der Waals surface area contributed by atoms with Gasteiger partial charge >= 0.3 is 0 Å². The van der Waals surface area contributed by atoms with Crippen LogP contribution in [0.25, 0.3) is 10.9 Å². The van der Waals surface area contributed by atoms with Gasteiger partial charge in [0, 0.05) is 34.0 Å². The van der Waals surface area contributed by atoms with Crippen LogP contribution < -0.4 is 4.74 Å². The summed E-state index contributed by atoms with van der Waals surface area (Å²) in [5.41, 5.74) is 1.33. The summed E-state index contributed by atoms with van der Waals surface area (Å²) in [6.07, 6.45) is 5.26. The summed E-state index contributed by atoms with van der Waals surface area (Å²) in [6, 6.07) is 7.79. The number of fused-ring (bicyclic) bond motifs is 1. The molecule has 0 aliphatic carbocycles. The van der Waals surface area contributed by atoms with Gasteiger partial charge in [0.2, 0.25) is 0 Å². The smallest absolute Gasteiger partial charge is 0.119 e. The first-order valence-electron chi connectivity index (χ1n) is 11.8. The number of benzene rings is 1. The minimum atomic E-state index is -0.722. The summed E-state index contributed by atoms with van der Waals surface area (Å²) >= 11 is 10.1. The van der Waals surface area contributed by atoms with Gasteiger partial charge in [-0.05, 0) is 92.6 Å². The molecule has 0 spiro atoms. The fourth-order valence-corrected chi connectivity index (χ4v) is 6.76. The molecule has 1 fully saturated rings. The van der Waals surface area contributed by atoms with Crippen LogP contribution in [0.2, 0.25) is 5.02 Å². The second-order valence-electron chi connectivity index (χ2n) is 9.12. The first kappa shape index (κ1) is 25.7. The van der Waals surface area contributed by atoms with E-state index in [2.05, 4.69) is 26.7 Å². The molecule has 3 heterocycles. The predicted octanol–water partition coefficient (Wildman–Crippen LogP) is 6.03. The number of ether oxygens (including phenoxy) is 1. The molecule has 0 unspecified atom stereocenters. The lowest BCUT2D eigenvalue weighted by molar-refractivity contribution is 0.0238. The molecule has 5 nitrogen and oxygen atoms in total. The standard InChI is InChI=1S/C26H33ClN2O3S2/c1-32-19-3-4-23-21(15-19)25(22(27)16-28-23)24(31)5-7-26(18-30)8-11-29(12-9-26)10-2-13-34-20-6-14-33-17-20/h3-4,6,14-17,24,30-31H,2,5,7-13,18H2,1H3/t24-/m0/s1. The number of aromatic nitrogens is 1. The number of methoxy groups -OCH3 is 1. The Morgan fingerprint density at radius 2 is 2.12 bits per heavy atom. The van der Waals surface area contributed by atoms with Crippen LogP contribution in [0.3, 0.4) is 0 Å². The molecule has 1 saturated heterocycles. The molecule has 0 saturated carbocycles. The number of pyridine rings is 1. The minimum absolute atomic E-state index is 0.143. The lowest BCUT2D eigenvalue weighted by Gasteiger charge is -2.41. The third-order valence-corrected chi connectivity index (χ3v) is 9.20. The van der Waals surface area contributed by atoms with Crippen LogP contribution in [0, 0.1) is 5.41 Å². The van der Waals surface area contributed by atoms with Crippen LogP contribution in [-0.2, 0) is 0 Å². The molecule has 0 amide bonds. The molecule has 0 radical (unpaired) electrons. The quantitative estimate of drug-likeness (QED) is 0.238. The van der Waals surface area contributed by atoms with E-state index in [9.17, 15) is 10.2 Å². The van der Waals surface area contributed by atoms with E-state index in [1.54, 1.807) is 24.6 Å². The largest absolute Gasteiger partial charge is 0.497 e. The zero-order chi connectivity index (χ0) is 24.0. The second-order valence-corrected chi connectivity index (χ2v) is 11.5. The summed E-state index contributed by atoms with van der Waals surface area (Å²) < 4.78 is 5.36. The monoisotopic (exact) mass is 520 g/mol. The molecule has 1 atom stereocenters. The number of hydrogen-bond acceptors (Lipinski definition) is 7. The van der Waals surface area contributed by atoms with Crippen molar-refractivity contribution in [2.45, 2.75) is 43.1 Å². The molecule has 1 aliphatic heterocycles. The van der Waals surface area contributed by atoms with Crippen molar-refractivity contribution in [1.29, 1.82) is 0 Å². The number of piperidine rings is 1. The summed E-state index contributed by atoms with van der Waals surface area (Å²) in [5.74, 6) is 1.84. The normalized spacial score (nSPS) is 17.2. The summed E-state index contributed by atoms with van der Waals surface area (Å²) in [7, 11) is 1.62. The maximum atomic E-state index is 11.1. The van der Waals surface area contributed by atoms with Crippen molar-refractivity contribution in [2.75, 3.05) is 39.1 Å². The van der Waals surface area contributed by atoms with Gasteiger partial charge in [-0.2, -0.15) is 11.3 Å². The summed E-state index contributed by atoms with van der Waals surface area (Å²) in [4.78, 5) is 8.26. The fraction of sp³-hybridized carbons (Fsp3) is 0.500. The topological polar surface area (TPSA) is 65.8 Å². The lowest BCUT2D eigenvalue weighted by Crippen LogP contribution is -2.42. The van der Waals surface area contributed by atoms with Crippen molar-refractivity contribution in [1.82, 2.24) is 9.88 Å². The molecule has 4 rings (SSSR count). The number of aliphatic hydroxyl groups excluding tert-OH is 2. The van der Waals surface area contributed by atoms with E-state index in [1.165, 1.54) is 11.3 Å². The van der Waals surface area contributed by atoms with E-state index in [1.807, 2.05) is 30.0 Å².